The molecule has 0 aliphatic carbocycles. The lowest BCUT2D eigenvalue weighted by Gasteiger charge is -2.31. The SMILES string of the molecule is COc1cc(CN[C@@H]2CCCN(c3ccn(C)n3)C2=O)ccc1C. The molecule has 128 valence electrons. The first-order valence-electron chi connectivity index (χ1n) is 8.26. The summed E-state index contributed by atoms with van der Waals surface area (Å²) in [4.78, 5) is 14.5. The molecule has 0 saturated carbocycles. The van der Waals surface area contributed by atoms with Crippen molar-refractivity contribution in [2.45, 2.75) is 32.4 Å². The van der Waals surface area contributed by atoms with Crippen LogP contribution in [0.25, 0.3) is 0 Å². The summed E-state index contributed by atoms with van der Waals surface area (Å²) < 4.78 is 7.08. The van der Waals surface area contributed by atoms with Crippen LogP contribution in [0.2, 0.25) is 0 Å². The Morgan fingerprint density at radius 3 is 2.92 bits per heavy atom. The minimum Gasteiger partial charge on any atom is -0.496 e. The smallest absolute Gasteiger partial charge is 0.245 e. The van der Waals surface area contributed by atoms with E-state index in [-0.39, 0.29) is 11.9 Å². The second-order valence-electron chi connectivity index (χ2n) is 6.22. The van der Waals surface area contributed by atoms with E-state index in [0.717, 1.165) is 42.1 Å². The molecule has 0 radical (unpaired) electrons. The first-order valence-corrected chi connectivity index (χ1v) is 8.26. The lowest BCUT2D eigenvalue weighted by molar-refractivity contribution is -0.121. The summed E-state index contributed by atoms with van der Waals surface area (Å²) >= 11 is 0. The average molecular weight is 328 g/mol. The molecule has 3 rings (SSSR count). The molecule has 1 amide bonds. The van der Waals surface area contributed by atoms with Gasteiger partial charge in [-0.3, -0.25) is 14.4 Å². The minimum atomic E-state index is -0.173. The highest BCUT2D eigenvalue weighted by atomic mass is 16.5. The molecule has 1 N–H and O–H groups in total. The Labute approximate surface area is 142 Å². The van der Waals surface area contributed by atoms with Gasteiger partial charge in [-0.25, -0.2) is 0 Å². The highest BCUT2D eigenvalue weighted by Crippen LogP contribution is 2.21. The molecule has 1 aromatic carbocycles. The molecule has 24 heavy (non-hydrogen) atoms. The lowest BCUT2D eigenvalue weighted by atomic mass is 10.0. The van der Waals surface area contributed by atoms with Crippen LogP contribution in [0.15, 0.2) is 30.5 Å². The number of methoxy groups -OCH3 is 1. The summed E-state index contributed by atoms with van der Waals surface area (Å²) in [6.45, 7) is 3.39. The summed E-state index contributed by atoms with van der Waals surface area (Å²) in [6.07, 6.45) is 3.68. The van der Waals surface area contributed by atoms with Crippen molar-refractivity contribution in [2.75, 3.05) is 18.6 Å². The molecule has 1 aromatic heterocycles. The van der Waals surface area contributed by atoms with Crippen LogP contribution in [0, 0.1) is 6.92 Å². The fourth-order valence-corrected chi connectivity index (χ4v) is 3.05. The van der Waals surface area contributed by atoms with Gasteiger partial charge in [0, 0.05) is 32.4 Å². The standard InChI is InChI=1S/C18H24N4O2/c1-13-6-7-14(11-16(13)24-3)12-19-15-5-4-9-22(18(15)23)17-8-10-21(2)20-17/h6-8,10-11,15,19H,4-5,9,12H2,1-3H3/t15-/m1/s1. The quantitative estimate of drug-likeness (QED) is 0.912. The molecule has 6 heteroatoms. The van der Waals surface area contributed by atoms with Crippen molar-refractivity contribution < 1.29 is 9.53 Å². The monoisotopic (exact) mass is 328 g/mol. The van der Waals surface area contributed by atoms with Gasteiger partial charge in [0.1, 0.15) is 5.75 Å². The number of carbonyl (C=O) groups excluding carboxylic acids is 1. The number of aromatic nitrogens is 2. The highest BCUT2D eigenvalue weighted by molar-refractivity contribution is 5.97. The van der Waals surface area contributed by atoms with E-state index < -0.39 is 0 Å². The van der Waals surface area contributed by atoms with Crippen molar-refractivity contribution in [3.63, 3.8) is 0 Å². The van der Waals surface area contributed by atoms with Crippen LogP contribution in [0.4, 0.5) is 5.82 Å². The highest BCUT2D eigenvalue weighted by Gasteiger charge is 2.30. The Balaban J connectivity index is 1.65. The van der Waals surface area contributed by atoms with E-state index in [1.807, 2.05) is 38.4 Å². The molecule has 6 nitrogen and oxygen atoms in total. The molecule has 1 saturated heterocycles. The number of rotatable bonds is 5. The Bertz CT molecular complexity index is 726. The zero-order valence-corrected chi connectivity index (χ0v) is 14.5. The number of benzene rings is 1. The first kappa shape index (κ1) is 16.5. The topological polar surface area (TPSA) is 59.4 Å². The summed E-state index contributed by atoms with van der Waals surface area (Å²) in [6, 6.07) is 7.83. The first-order chi connectivity index (χ1) is 11.6. The van der Waals surface area contributed by atoms with Gasteiger partial charge in [-0.05, 0) is 37.0 Å². The van der Waals surface area contributed by atoms with Crippen LogP contribution >= 0.6 is 0 Å². The molecule has 0 unspecified atom stereocenters. The van der Waals surface area contributed by atoms with Crippen molar-refractivity contribution >= 4 is 11.7 Å². The average Bonchev–Trinajstić information content (AvgIpc) is 3.01. The van der Waals surface area contributed by atoms with Crippen molar-refractivity contribution in [2.24, 2.45) is 7.05 Å². The summed E-state index contributed by atoms with van der Waals surface area (Å²) in [5.74, 6) is 1.70. The largest absolute Gasteiger partial charge is 0.496 e. The third kappa shape index (κ3) is 3.43. The maximum absolute atomic E-state index is 12.7. The number of piperidine rings is 1. The normalized spacial score (nSPS) is 18.0. The molecular formula is C18H24N4O2. The van der Waals surface area contributed by atoms with Crippen LogP contribution in [-0.4, -0.2) is 35.4 Å². The predicted molar refractivity (Wildman–Crippen MR) is 93.2 cm³/mol. The summed E-state index contributed by atoms with van der Waals surface area (Å²) in [5.41, 5.74) is 2.22. The molecule has 1 fully saturated rings. The van der Waals surface area contributed by atoms with Gasteiger partial charge >= 0.3 is 0 Å². The van der Waals surface area contributed by atoms with Crippen molar-refractivity contribution in [1.29, 1.82) is 0 Å². The van der Waals surface area contributed by atoms with Gasteiger partial charge in [0.2, 0.25) is 5.91 Å². The Hall–Kier alpha value is -2.34. The van der Waals surface area contributed by atoms with Gasteiger partial charge in [0.15, 0.2) is 5.82 Å². The van der Waals surface area contributed by atoms with Crippen LogP contribution in [0.5, 0.6) is 5.75 Å². The van der Waals surface area contributed by atoms with E-state index in [1.54, 1.807) is 16.7 Å². The maximum atomic E-state index is 12.7. The van der Waals surface area contributed by atoms with Gasteiger partial charge < -0.3 is 10.1 Å². The van der Waals surface area contributed by atoms with Crippen LogP contribution < -0.4 is 15.0 Å². The summed E-state index contributed by atoms with van der Waals surface area (Å²) in [7, 11) is 3.54. The van der Waals surface area contributed by atoms with E-state index in [4.69, 9.17) is 4.74 Å². The number of aryl methyl sites for hydroxylation is 2. The molecular weight excluding hydrogens is 304 g/mol. The van der Waals surface area contributed by atoms with Crippen LogP contribution in [0.3, 0.4) is 0 Å². The Morgan fingerprint density at radius 2 is 2.21 bits per heavy atom. The number of anilines is 1. The van der Waals surface area contributed by atoms with E-state index >= 15 is 0 Å². The second-order valence-corrected chi connectivity index (χ2v) is 6.22. The van der Waals surface area contributed by atoms with Gasteiger partial charge in [0.25, 0.3) is 0 Å². The van der Waals surface area contributed by atoms with E-state index in [2.05, 4.69) is 16.5 Å². The predicted octanol–water partition coefficient (Wildman–Crippen LogP) is 2.02. The lowest BCUT2D eigenvalue weighted by Crippen LogP contribution is -2.50. The number of carbonyl (C=O) groups is 1. The number of nitrogens with zero attached hydrogens (tertiary/aromatic N) is 3. The van der Waals surface area contributed by atoms with Crippen molar-refractivity contribution in [3.8, 4) is 5.75 Å². The summed E-state index contributed by atoms with van der Waals surface area (Å²) in [5, 5.41) is 7.73. The van der Waals surface area contributed by atoms with E-state index in [1.165, 1.54) is 0 Å². The fraction of sp³-hybridized carbons (Fsp3) is 0.444. The number of amides is 1. The fourth-order valence-electron chi connectivity index (χ4n) is 3.05. The van der Waals surface area contributed by atoms with Gasteiger partial charge in [-0.15, -0.1) is 0 Å². The molecule has 1 aliphatic rings. The van der Waals surface area contributed by atoms with Crippen molar-refractivity contribution in [3.05, 3.63) is 41.6 Å². The van der Waals surface area contributed by atoms with Crippen LogP contribution in [0.1, 0.15) is 24.0 Å². The Morgan fingerprint density at radius 1 is 1.38 bits per heavy atom. The molecule has 2 aromatic rings. The number of ether oxygens (including phenoxy) is 1. The third-order valence-corrected chi connectivity index (χ3v) is 4.44. The Kier molecular flexibility index (Phi) is 4.85. The van der Waals surface area contributed by atoms with E-state index in [0.29, 0.717) is 6.54 Å². The minimum absolute atomic E-state index is 0.0963. The number of hydrogen-bond donors (Lipinski definition) is 1. The van der Waals surface area contributed by atoms with Gasteiger partial charge in [-0.2, -0.15) is 5.10 Å². The molecule has 2 heterocycles. The molecule has 1 atom stereocenters. The zero-order chi connectivity index (χ0) is 17.1. The molecule has 0 bridgehead atoms. The van der Waals surface area contributed by atoms with Gasteiger partial charge in [0.05, 0.1) is 13.2 Å². The molecule has 1 aliphatic heterocycles. The van der Waals surface area contributed by atoms with E-state index in [9.17, 15) is 4.79 Å². The van der Waals surface area contributed by atoms with Crippen LogP contribution in [-0.2, 0) is 18.4 Å². The number of nitrogens with one attached hydrogen (secondary N) is 1. The molecule has 0 spiro atoms. The second kappa shape index (κ2) is 7.05. The third-order valence-electron chi connectivity index (χ3n) is 4.44. The van der Waals surface area contributed by atoms with Gasteiger partial charge in [-0.1, -0.05) is 12.1 Å². The maximum Gasteiger partial charge on any atom is 0.245 e. The zero-order valence-electron chi connectivity index (χ0n) is 14.5. The number of hydrogen-bond acceptors (Lipinski definition) is 4. The van der Waals surface area contributed by atoms with Crippen molar-refractivity contribution in [1.82, 2.24) is 15.1 Å².